The number of Topliss-reactive ketones (excluding diaryl/α,β-unsaturated/α-hetero) is 1. The molecule has 0 spiro atoms. The van der Waals surface area contributed by atoms with Crippen LogP contribution in [0.3, 0.4) is 0 Å². The molecule has 210 valence electrons. The lowest BCUT2D eigenvalue weighted by Gasteiger charge is -2.20. The number of hydrogen-bond acceptors (Lipinski definition) is 7. The number of nitrogens with zero attached hydrogens (tertiary/aromatic N) is 4. The van der Waals surface area contributed by atoms with Crippen LogP contribution in [0.4, 0.5) is 4.39 Å². The molecule has 1 atom stereocenters. The molecular weight excluding hydrogens is 511 g/mol. The van der Waals surface area contributed by atoms with Crippen molar-refractivity contribution in [1.29, 1.82) is 0 Å². The summed E-state index contributed by atoms with van der Waals surface area (Å²) in [6.45, 7) is 9.18. The molecule has 3 heterocycles. The zero-order valence-electron chi connectivity index (χ0n) is 23.4. The third kappa shape index (κ3) is 5.70. The summed E-state index contributed by atoms with van der Waals surface area (Å²) in [4.78, 5) is 17.8. The van der Waals surface area contributed by atoms with Gasteiger partial charge in [0.05, 0.1) is 36.4 Å². The summed E-state index contributed by atoms with van der Waals surface area (Å²) < 4.78 is 32.3. The van der Waals surface area contributed by atoms with Gasteiger partial charge in [-0.15, -0.1) is 0 Å². The molecule has 3 aromatic heterocycles. The molecule has 0 radical (unpaired) electrons. The zero-order chi connectivity index (χ0) is 28.4. The molecule has 1 fully saturated rings. The van der Waals surface area contributed by atoms with Crippen molar-refractivity contribution in [2.75, 3.05) is 7.11 Å². The first-order valence-corrected chi connectivity index (χ1v) is 13.6. The number of pyridine rings is 1. The Morgan fingerprint density at radius 2 is 2.12 bits per heavy atom. The Bertz CT molecular complexity index is 1540. The van der Waals surface area contributed by atoms with E-state index in [1.807, 2.05) is 44.3 Å². The first-order valence-electron chi connectivity index (χ1n) is 13.6. The molecule has 1 aliphatic carbocycles. The average Bonchev–Trinajstić information content (AvgIpc) is 3.50. The molecule has 0 aliphatic heterocycles. The van der Waals surface area contributed by atoms with Crippen LogP contribution in [0.5, 0.6) is 5.75 Å². The van der Waals surface area contributed by atoms with Crippen molar-refractivity contribution in [2.45, 2.75) is 71.3 Å². The molecule has 0 amide bonds. The standard InChI is InChI=1S/C31H35FN4O4/c1-6-28(32)39-18-22-14-21(15-27(38-5)29(22)26(37)9-7-8-20-10-11-20)24-16-33-36-17-23(12-13-25(24)36)31(3,4)30-34-19(2)35-40-30/h6,12-17,20,28H,1,7-11,18H2,2-5H3. The van der Waals surface area contributed by atoms with E-state index < -0.39 is 11.8 Å². The van der Waals surface area contributed by atoms with Crippen molar-refractivity contribution < 1.29 is 23.2 Å². The lowest BCUT2D eigenvalue weighted by Crippen LogP contribution is -2.20. The first-order chi connectivity index (χ1) is 19.2. The topological polar surface area (TPSA) is 91.8 Å². The van der Waals surface area contributed by atoms with E-state index in [1.54, 1.807) is 17.6 Å². The molecule has 40 heavy (non-hydrogen) atoms. The smallest absolute Gasteiger partial charge is 0.236 e. The van der Waals surface area contributed by atoms with Crippen LogP contribution in [0.15, 0.2) is 53.8 Å². The SMILES string of the molecule is C=CC(F)OCc1cc(-c2cnn3cc(C(C)(C)c4nc(C)no4)ccc23)cc(OC)c1C(=O)CCCC1CC1. The maximum atomic E-state index is 14.0. The number of rotatable bonds is 13. The van der Waals surface area contributed by atoms with Crippen LogP contribution in [0.25, 0.3) is 16.6 Å². The van der Waals surface area contributed by atoms with Gasteiger partial charge >= 0.3 is 0 Å². The van der Waals surface area contributed by atoms with E-state index in [0.717, 1.165) is 47.0 Å². The number of alkyl halides is 1. The summed E-state index contributed by atoms with van der Waals surface area (Å²) >= 11 is 0. The van der Waals surface area contributed by atoms with Crippen molar-refractivity contribution >= 4 is 11.3 Å². The lowest BCUT2D eigenvalue weighted by atomic mass is 9.85. The number of ether oxygens (including phenoxy) is 2. The number of methoxy groups -OCH3 is 1. The summed E-state index contributed by atoms with van der Waals surface area (Å²) in [5.41, 5.74) is 3.92. The summed E-state index contributed by atoms with van der Waals surface area (Å²) in [5, 5.41) is 8.53. The minimum absolute atomic E-state index is 0.0281. The van der Waals surface area contributed by atoms with E-state index in [4.69, 9.17) is 14.0 Å². The van der Waals surface area contributed by atoms with E-state index in [9.17, 15) is 9.18 Å². The molecule has 4 aromatic rings. The second-order valence-electron chi connectivity index (χ2n) is 10.9. The van der Waals surface area contributed by atoms with E-state index in [1.165, 1.54) is 20.0 Å². The zero-order valence-corrected chi connectivity index (χ0v) is 23.4. The van der Waals surface area contributed by atoms with E-state index in [2.05, 4.69) is 21.8 Å². The molecule has 1 aliphatic rings. The van der Waals surface area contributed by atoms with Gasteiger partial charge < -0.3 is 14.0 Å². The van der Waals surface area contributed by atoms with Gasteiger partial charge in [0.15, 0.2) is 11.6 Å². The number of hydrogen-bond donors (Lipinski definition) is 0. The minimum atomic E-state index is -1.64. The van der Waals surface area contributed by atoms with Crippen LogP contribution in [-0.2, 0) is 16.8 Å². The van der Waals surface area contributed by atoms with Crippen molar-refractivity contribution in [1.82, 2.24) is 19.8 Å². The fraction of sp³-hybridized carbons (Fsp3) is 0.419. The summed E-state index contributed by atoms with van der Waals surface area (Å²) in [6, 6.07) is 7.70. The van der Waals surface area contributed by atoms with Gasteiger partial charge in [0.25, 0.3) is 0 Å². The number of carbonyl (C=O) groups is 1. The summed E-state index contributed by atoms with van der Waals surface area (Å²) in [5.74, 6) is 2.26. The van der Waals surface area contributed by atoms with Crippen molar-refractivity contribution in [3.05, 3.63) is 77.7 Å². The Morgan fingerprint density at radius 1 is 1.32 bits per heavy atom. The first kappa shape index (κ1) is 27.7. The Morgan fingerprint density at radius 3 is 2.80 bits per heavy atom. The maximum absolute atomic E-state index is 14.0. The van der Waals surface area contributed by atoms with Gasteiger partial charge in [-0.2, -0.15) is 10.1 Å². The molecule has 0 N–H and O–H groups in total. The second kappa shape index (κ2) is 11.3. The van der Waals surface area contributed by atoms with Crippen LogP contribution in [-0.4, -0.2) is 39.0 Å². The molecule has 1 saturated carbocycles. The fourth-order valence-electron chi connectivity index (χ4n) is 4.99. The Hall–Kier alpha value is -3.85. The molecule has 0 bridgehead atoms. The highest BCUT2D eigenvalue weighted by molar-refractivity contribution is 6.01. The van der Waals surface area contributed by atoms with Gasteiger partial charge in [0, 0.05) is 18.2 Å². The number of aryl methyl sites for hydroxylation is 1. The minimum Gasteiger partial charge on any atom is -0.496 e. The predicted octanol–water partition coefficient (Wildman–Crippen LogP) is 6.79. The highest BCUT2D eigenvalue weighted by Gasteiger charge is 2.30. The van der Waals surface area contributed by atoms with Crippen LogP contribution < -0.4 is 4.74 Å². The monoisotopic (exact) mass is 546 g/mol. The summed E-state index contributed by atoms with van der Waals surface area (Å²) in [6.07, 6.45) is 7.93. The molecule has 1 aromatic carbocycles. The van der Waals surface area contributed by atoms with Gasteiger partial charge in [-0.3, -0.25) is 4.79 Å². The Labute approximate surface area is 233 Å². The van der Waals surface area contributed by atoms with Crippen molar-refractivity contribution in [3.8, 4) is 16.9 Å². The predicted molar refractivity (Wildman–Crippen MR) is 149 cm³/mol. The number of fused-ring (bicyclic) bond motifs is 1. The lowest BCUT2D eigenvalue weighted by molar-refractivity contribution is -0.0142. The molecule has 0 saturated heterocycles. The van der Waals surface area contributed by atoms with Gasteiger partial charge in [0.2, 0.25) is 12.2 Å². The van der Waals surface area contributed by atoms with E-state index in [0.29, 0.717) is 35.0 Å². The molecule has 5 rings (SSSR count). The van der Waals surface area contributed by atoms with Gasteiger partial charge in [0.1, 0.15) is 5.75 Å². The average molecular weight is 547 g/mol. The number of halogens is 1. The fourth-order valence-corrected chi connectivity index (χ4v) is 4.99. The third-order valence-corrected chi connectivity index (χ3v) is 7.59. The van der Waals surface area contributed by atoms with Gasteiger partial charge in [-0.05, 0) is 74.1 Å². The van der Waals surface area contributed by atoms with Crippen molar-refractivity contribution in [2.24, 2.45) is 5.92 Å². The maximum Gasteiger partial charge on any atom is 0.236 e. The third-order valence-electron chi connectivity index (χ3n) is 7.59. The quantitative estimate of drug-likeness (QED) is 0.135. The number of aromatic nitrogens is 4. The van der Waals surface area contributed by atoms with Crippen LogP contribution >= 0.6 is 0 Å². The highest BCUT2D eigenvalue weighted by atomic mass is 19.1. The number of benzene rings is 1. The van der Waals surface area contributed by atoms with Crippen LogP contribution in [0.2, 0.25) is 0 Å². The molecule has 9 heteroatoms. The van der Waals surface area contributed by atoms with Gasteiger partial charge in [-0.25, -0.2) is 8.91 Å². The summed E-state index contributed by atoms with van der Waals surface area (Å²) in [7, 11) is 1.54. The van der Waals surface area contributed by atoms with E-state index in [-0.39, 0.29) is 12.4 Å². The second-order valence-corrected chi connectivity index (χ2v) is 10.9. The van der Waals surface area contributed by atoms with Gasteiger partial charge in [-0.1, -0.05) is 37.1 Å². The van der Waals surface area contributed by atoms with Crippen LogP contribution in [0, 0.1) is 12.8 Å². The van der Waals surface area contributed by atoms with E-state index >= 15 is 0 Å². The van der Waals surface area contributed by atoms with Crippen LogP contribution in [0.1, 0.15) is 79.2 Å². The molecular formula is C31H35FN4O4. The largest absolute Gasteiger partial charge is 0.496 e. The molecule has 8 nitrogen and oxygen atoms in total. The number of carbonyl (C=O) groups excluding carboxylic acids is 1. The Kier molecular flexibility index (Phi) is 7.85. The normalized spacial score (nSPS) is 14.4. The number of ketones is 1. The highest BCUT2D eigenvalue weighted by Crippen LogP contribution is 2.37. The molecule has 1 unspecified atom stereocenters. The van der Waals surface area contributed by atoms with Crippen molar-refractivity contribution in [3.63, 3.8) is 0 Å². The Balaban J connectivity index is 1.51.